The molecule has 1 aliphatic rings. The van der Waals surface area contributed by atoms with E-state index in [1.165, 1.54) is 6.20 Å². The number of ether oxygens (including phenoxy) is 1. The van der Waals surface area contributed by atoms with Crippen molar-refractivity contribution < 1.29 is 9.53 Å². The fourth-order valence-corrected chi connectivity index (χ4v) is 3.24. The summed E-state index contributed by atoms with van der Waals surface area (Å²) in [4.78, 5) is 18.8. The van der Waals surface area contributed by atoms with E-state index in [0.717, 1.165) is 30.8 Å². The highest BCUT2D eigenvalue weighted by Crippen LogP contribution is 2.28. The number of carbonyl (C=O) groups is 1. The zero-order valence-electron chi connectivity index (χ0n) is 13.9. The monoisotopic (exact) mass is 348 g/mol. The molecule has 1 amide bonds. The van der Waals surface area contributed by atoms with E-state index < -0.39 is 0 Å². The summed E-state index contributed by atoms with van der Waals surface area (Å²) in [5.74, 6) is 0.572. The second-order valence-electron chi connectivity index (χ2n) is 6.01. The van der Waals surface area contributed by atoms with E-state index in [1.54, 1.807) is 6.07 Å². The second-order valence-corrected chi connectivity index (χ2v) is 6.42. The number of amides is 1. The van der Waals surface area contributed by atoms with Crippen LogP contribution in [0, 0.1) is 6.92 Å². The molecule has 0 radical (unpaired) electrons. The van der Waals surface area contributed by atoms with Crippen LogP contribution in [-0.4, -0.2) is 45.7 Å². The van der Waals surface area contributed by atoms with Gasteiger partial charge in [-0.3, -0.25) is 9.89 Å². The number of likely N-dealkylation sites (tertiary alicyclic amines) is 1. The maximum Gasteiger partial charge on any atom is 0.255 e. The van der Waals surface area contributed by atoms with Gasteiger partial charge in [0.25, 0.3) is 5.91 Å². The third-order valence-electron chi connectivity index (χ3n) is 4.19. The molecule has 24 heavy (non-hydrogen) atoms. The number of halogens is 1. The second kappa shape index (κ2) is 7.21. The molecule has 0 bridgehead atoms. The van der Waals surface area contributed by atoms with Gasteiger partial charge in [0.05, 0.1) is 17.9 Å². The Bertz CT molecular complexity index is 731. The number of aromatic nitrogens is 3. The summed E-state index contributed by atoms with van der Waals surface area (Å²) in [5.41, 5.74) is 2.55. The lowest BCUT2D eigenvalue weighted by molar-refractivity contribution is 0.0705. The van der Waals surface area contributed by atoms with Crippen molar-refractivity contribution in [3.8, 4) is 5.88 Å². The van der Waals surface area contributed by atoms with Crippen LogP contribution in [0.1, 0.15) is 47.4 Å². The minimum Gasteiger partial charge on any atom is -0.477 e. The number of pyridine rings is 1. The van der Waals surface area contributed by atoms with Crippen molar-refractivity contribution in [1.29, 1.82) is 0 Å². The molecule has 0 spiro atoms. The fourth-order valence-electron chi connectivity index (χ4n) is 3.02. The van der Waals surface area contributed by atoms with Crippen molar-refractivity contribution in [3.63, 3.8) is 0 Å². The average molecular weight is 349 g/mol. The van der Waals surface area contributed by atoms with Crippen LogP contribution in [0.2, 0.25) is 5.02 Å². The van der Waals surface area contributed by atoms with E-state index in [1.807, 2.05) is 24.8 Å². The highest BCUT2D eigenvalue weighted by Gasteiger charge is 2.27. The van der Waals surface area contributed by atoms with Crippen LogP contribution >= 0.6 is 11.6 Å². The minimum atomic E-state index is -0.0515. The third kappa shape index (κ3) is 3.53. The number of nitrogens with zero attached hydrogens (tertiary/aromatic N) is 3. The molecule has 128 valence electrons. The molecule has 0 saturated carbocycles. The molecule has 2 aromatic heterocycles. The van der Waals surface area contributed by atoms with Crippen LogP contribution in [0.3, 0.4) is 0 Å². The molecule has 0 unspecified atom stereocenters. The summed E-state index contributed by atoms with van der Waals surface area (Å²) in [6.07, 6.45) is 3.53. The van der Waals surface area contributed by atoms with Gasteiger partial charge in [-0.2, -0.15) is 5.10 Å². The van der Waals surface area contributed by atoms with Crippen LogP contribution in [-0.2, 0) is 0 Å². The SMILES string of the molecule is CCOc1ncc(C(=O)N2CCC[C@H](c3cc(C)[nH]n3)C2)cc1Cl. The van der Waals surface area contributed by atoms with E-state index in [2.05, 4.69) is 15.2 Å². The lowest BCUT2D eigenvalue weighted by Gasteiger charge is -2.32. The van der Waals surface area contributed by atoms with Crippen molar-refractivity contribution in [1.82, 2.24) is 20.1 Å². The highest BCUT2D eigenvalue weighted by atomic mass is 35.5. The molecule has 3 rings (SSSR count). The van der Waals surface area contributed by atoms with Gasteiger partial charge in [0, 0.05) is 30.9 Å². The third-order valence-corrected chi connectivity index (χ3v) is 4.46. The van der Waals surface area contributed by atoms with Crippen LogP contribution in [0.5, 0.6) is 5.88 Å². The molecule has 0 aromatic carbocycles. The largest absolute Gasteiger partial charge is 0.477 e. The predicted molar refractivity (Wildman–Crippen MR) is 91.6 cm³/mol. The topological polar surface area (TPSA) is 71.1 Å². The Morgan fingerprint density at radius 3 is 3.00 bits per heavy atom. The number of carbonyl (C=O) groups excluding carboxylic acids is 1. The molecule has 7 heteroatoms. The van der Waals surface area contributed by atoms with Gasteiger partial charge >= 0.3 is 0 Å². The number of hydrogen-bond donors (Lipinski definition) is 1. The maximum atomic E-state index is 12.8. The van der Waals surface area contributed by atoms with Crippen LogP contribution in [0.4, 0.5) is 0 Å². The predicted octanol–water partition coefficient (Wildman–Crippen LogP) is 3.19. The Hall–Kier alpha value is -2.08. The lowest BCUT2D eigenvalue weighted by Crippen LogP contribution is -2.39. The molecule has 1 fully saturated rings. The normalized spacial score (nSPS) is 17.8. The molecule has 0 aliphatic carbocycles. The van der Waals surface area contributed by atoms with E-state index in [9.17, 15) is 4.79 Å². The highest BCUT2D eigenvalue weighted by molar-refractivity contribution is 6.32. The number of aromatic amines is 1. The standard InChI is InChI=1S/C17H21ClN4O2/c1-3-24-16-14(18)8-13(9-19-16)17(23)22-6-4-5-12(10-22)15-7-11(2)20-21-15/h7-9,12H,3-6,10H2,1-2H3,(H,20,21)/t12-/m0/s1. The van der Waals surface area contributed by atoms with Gasteiger partial charge in [-0.05, 0) is 38.8 Å². The van der Waals surface area contributed by atoms with Crippen LogP contribution in [0.15, 0.2) is 18.3 Å². The van der Waals surface area contributed by atoms with Crippen LogP contribution in [0.25, 0.3) is 0 Å². The molecular formula is C17H21ClN4O2. The summed E-state index contributed by atoms with van der Waals surface area (Å²) in [7, 11) is 0. The Morgan fingerprint density at radius 1 is 1.50 bits per heavy atom. The van der Waals surface area contributed by atoms with Gasteiger partial charge in [0.2, 0.25) is 5.88 Å². The number of aryl methyl sites for hydroxylation is 1. The summed E-state index contributed by atoms with van der Waals surface area (Å²) in [6, 6.07) is 3.68. The van der Waals surface area contributed by atoms with Crippen LogP contribution < -0.4 is 4.74 Å². The molecule has 1 aliphatic heterocycles. The minimum absolute atomic E-state index is 0.0515. The summed E-state index contributed by atoms with van der Waals surface area (Å²) < 4.78 is 5.31. The first kappa shape index (κ1) is 16.8. The van der Waals surface area contributed by atoms with E-state index >= 15 is 0 Å². The van der Waals surface area contributed by atoms with Crippen molar-refractivity contribution in [3.05, 3.63) is 40.3 Å². The molecule has 6 nitrogen and oxygen atoms in total. The molecule has 2 aromatic rings. The number of piperidine rings is 1. The zero-order valence-corrected chi connectivity index (χ0v) is 14.6. The van der Waals surface area contributed by atoms with Gasteiger partial charge in [-0.25, -0.2) is 4.98 Å². The van der Waals surface area contributed by atoms with Gasteiger partial charge in [-0.1, -0.05) is 11.6 Å². The molecule has 1 saturated heterocycles. The van der Waals surface area contributed by atoms with Gasteiger partial charge < -0.3 is 9.64 Å². The Morgan fingerprint density at radius 2 is 2.33 bits per heavy atom. The molecule has 1 N–H and O–H groups in total. The number of H-pyrrole nitrogens is 1. The Balaban J connectivity index is 1.73. The summed E-state index contributed by atoms with van der Waals surface area (Å²) >= 11 is 6.15. The van der Waals surface area contributed by atoms with Crippen molar-refractivity contribution in [2.45, 2.75) is 32.6 Å². The smallest absolute Gasteiger partial charge is 0.255 e. The fraction of sp³-hybridized carbons (Fsp3) is 0.471. The first-order valence-electron chi connectivity index (χ1n) is 8.18. The van der Waals surface area contributed by atoms with Crippen molar-refractivity contribution in [2.75, 3.05) is 19.7 Å². The average Bonchev–Trinajstić information content (AvgIpc) is 3.03. The molecule has 3 heterocycles. The number of hydrogen-bond acceptors (Lipinski definition) is 4. The molecule has 1 atom stereocenters. The van der Waals surface area contributed by atoms with Gasteiger partial charge in [0.1, 0.15) is 5.02 Å². The first-order chi connectivity index (χ1) is 11.6. The van der Waals surface area contributed by atoms with E-state index in [4.69, 9.17) is 16.3 Å². The lowest BCUT2D eigenvalue weighted by atomic mass is 9.94. The van der Waals surface area contributed by atoms with Gasteiger partial charge in [-0.15, -0.1) is 0 Å². The quantitative estimate of drug-likeness (QED) is 0.921. The molecular weight excluding hydrogens is 328 g/mol. The first-order valence-corrected chi connectivity index (χ1v) is 8.55. The zero-order chi connectivity index (χ0) is 17.1. The summed E-state index contributed by atoms with van der Waals surface area (Å²) in [5, 5.41) is 7.67. The van der Waals surface area contributed by atoms with E-state index in [0.29, 0.717) is 29.6 Å². The van der Waals surface area contributed by atoms with Gasteiger partial charge in [0.15, 0.2) is 0 Å². The summed E-state index contributed by atoms with van der Waals surface area (Å²) in [6.45, 7) is 5.73. The van der Waals surface area contributed by atoms with E-state index in [-0.39, 0.29) is 11.8 Å². The van der Waals surface area contributed by atoms with Crippen molar-refractivity contribution in [2.24, 2.45) is 0 Å². The number of rotatable bonds is 4. The Labute approximate surface area is 146 Å². The maximum absolute atomic E-state index is 12.8. The number of nitrogens with one attached hydrogen (secondary N) is 1. The van der Waals surface area contributed by atoms with Crippen molar-refractivity contribution >= 4 is 17.5 Å². The Kier molecular flexibility index (Phi) is 5.04.